The second kappa shape index (κ2) is 5.91. The molecular formula is C16H20N4O. The van der Waals surface area contributed by atoms with Gasteiger partial charge in [0.1, 0.15) is 5.82 Å². The molecule has 0 atom stereocenters. The lowest BCUT2D eigenvalue weighted by Crippen LogP contribution is -2.27. The molecule has 0 unspecified atom stereocenters. The van der Waals surface area contributed by atoms with Crippen molar-refractivity contribution in [1.29, 1.82) is 0 Å². The number of amides is 1. The van der Waals surface area contributed by atoms with Crippen molar-refractivity contribution in [2.24, 2.45) is 0 Å². The summed E-state index contributed by atoms with van der Waals surface area (Å²) in [6.45, 7) is 8.05. The molecule has 2 rings (SSSR count). The van der Waals surface area contributed by atoms with Gasteiger partial charge in [-0.3, -0.25) is 4.79 Å². The topological polar surface area (TPSA) is 66.9 Å². The molecule has 0 spiro atoms. The Bertz CT molecular complexity index is 629. The summed E-state index contributed by atoms with van der Waals surface area (Å²) in [4.78, 5) is 12.1. The molecule has 0 aliphatic carbocycles. The summed E-state index contributed by atoms with van der Waals surface area (Å²) in [7, 11) is 0. The maximum absolute atomic E-state index is 12.1. The zero-order chi connectivity index (χ0) is 15.5. The number of rotatable bonds is 3. The molecule has 110 valence electrons. The molecule has 1 heterocycles. The van der Waals surface area contributed by atoms with Gasteiger partial charge in [-0.1, -0.05) is 18.2 Å². The summed E-state index contributed by atoms with van der Waals surface area (Å²) < 4.78 is 0. The third kappa shape index (κ3) is 4.27. The molecule has 1 amide bonds. The number of nitrogens with zero attached hydrogens (tertiary/aromatic N) is 2. The molecule has 0 aliphatic heterocycles. The quantitative estimate of drug-likeness (QED) is 0.908. The van der Waals surface area contributed by atoms with Gasteiger partial charge < -0.3 is 10.6 Å². The SMILES string of the molecule is Cc1ccccc1NC(=O)c1ccc(NC(C)(C)C)nn1. The van der Waals surface area contributed by atoms with Crippen LogP contribution in [0.3, 0.4) is 0 Å². The minimum atomic E-state index is -0.265. The summed E-state index contributed by atoms with van der Waals surface area (Å²) in [6, 6.07) is 11.0. The van der Waals surface area contributed by atoms with E-state index in [1.807, 2.05) is 52.0 Å². The Labute approximate surface area is 124 Å². The maximum Gasteiger partial charge on any atom is 0.276 e. The minimum absolute atomic E-state index is 0.0976. The molecule has 21 heavy (non-hydrogen) atoms. The molecule has 1 aromatic heterocycles. The third-order valence-electron chi connectivity index (χ3n) is 2.79. The number of para-hydroxylation sites is 1. The van der Waals surface area contributed by atoms with Gasteiger partial charge >= 0.3 is 0 Å². The second-order valence-corrected chi connectivity index (χ2v) is 5.95. The third-order valence-corrected chi connectivity index (χ3v) is 2.79. The van der Waals surface area contributed by atoms with Gasteiger partial charge in [0, 0.05) is 11.2 Å². The molecule has 0 saturated carbocycles. The Balaban J connectivity index is 2.08. The van der Waals surface area contributed by atoms with E-state index in [4.69, 9.17) is 0 Å². The molecule has 0 bridgehead atoms. The zero-order valence-corrected chi connectivity index (χ0v) is 12.8. The van der Waals surface area contributed by atoms with E-state index < -0.39 is 0 Å². The van der Waals surface area contributed by atoms with Crippen LogP contribution < -0.4 is 10.6 Å². The second-order valence-electron chi connectivity index (χ2n) is 5.95. The van der Waals surface area contributed by atoms with Gasteiger partial charge in [0.2, 0.25) is 0 Å². The number of nitrogens with one attached hydrogen (secondary N) is 2. The normalized spacial score (nSPS) is 11.0. The Morgan fingerprint density at radius 1 is 1.05 bits per heavy atom. The number of benzene rings is 1. The lowest BCUT2D eigenvalue weighted by Gasteiger charge is -2.20. The first-order chi connectivity index (χ1) is 9.85. The van der Waals surface area contributed by atoms with Crippen LogP contribution in [0.15, 0.2) is 36.4 Å². The lowest BCUT2D eigenvalue weighted by molar-refractivity contribution is 0.102. The summed E-state index contributed by atoms with van der Waals surface area (Å²) >= 11 is 0. The standard InChI is InChI=1S/C16H20N4O/c1-11-7-5-6-8-12(11)17-15(21)13-9-10-14(20-19-13)18-16(2,3)4/h5-10H,1-4H3,(H,17,21)(H,18,20). The monoisotopic (exact) mass is 284 g/mol. The number of hydrogen-bond donors (Lipinski definition) is 2. The Kier molecular flexibility index (Phi) is 4.21. The zero-order valence-electron chi connectivity index (χ0n) is 12.8. The Morgan fingerprint density at radius 3 is 2.33 bits per heavy atom. The van der Waals surface area contributed by atoms with Crippen LogP contribution in [0.4, 0.5) is 11.5 Å². The van der Waals surface area contributed by atoms with Gasteiger partial charge in [0.05, 0.1) is 0 Å². The average Bonchev–Trinajstić information content (AvgIpc) is 2.40. The van der Waals surface area contributed by atoms with Crippen LogP contribution in [0, 0.1) is 6.92 Å². The highest BCUT2D eigenvalue weighted by molar-refractivity contribution is 6.03. The summed E-state index contributed by atoms with van der Waals surface area (Å²) in [5.41, 5.74) is 1.98. The highest BCUT2D eigenvalue weighted by atomic mass is 16.1. The van der Waals surface area contributed by atoms with Crippen molar-refractivity contribution in [2.75, 3.05) is 10.6 Å². The van der Waals surface area contributed by atoms with Crippen molar-refractivity contribution < 1.29 is 4.79 Å². The first-order valence-corrected chi connectivity index (χ1v) is 6.84. The van der Waals surface area contributed by atoms with Crippen LogP contribution in [0.1, 0.15) is 36.8 Å². The Hall–Kier alpha value is -2.43. The van der Waals surface area contributed by atoms with E-state index in [1.54, 1.807) is 12.1 Å². The number of hydrogen-bond acceptors (Lipinski definition) is 4. The largest absolute Gasteiger partial charge is 0.364 e. The summed E-state index contributed by atoms with van der Waals surface area (Å²) in [5.74, 6) is 0.383. The van der Waals surface area contributed by atoms with Gasteiger partial charge in [0.15, 0.2) is 5.69 Å². The van der Waals surface area contributed by atoms with E-state index in [1.165, 1.54) is 0 Å². The first kappa shape index (κ1) is 15.0. The highest BCUT2D eigenvalue weighted by Crippen LogP contribution is 2.15. The van der Waals surface area contributed by atoms with Crippen molar-refractivity contribution in [1.82, 2.24) is 10.2 Å². The molecule has 0 fully saturated rings. The van der Waals surface area contributed by atoms with Crippen molar-refractivity contribution in [2.45, 2.75) is 33.2 Å². The van der Waals surface area contributed by atoms with Crippen molar-refractivity contribution in [3.05, 3.63) is 47.7 Å². The van der Waals surface area contributed by atoms with E-state index in [-0.39, 0.29) is 17.1 Å². The minimum Gasteiger partial charge on any atom is -0.364 e. The van der Waals surface area contributed by atoms with Crippen molar-refractivity contribution in [3.63, 3.8) is 0 Å². The van der Waals surface area contributed by atoms with Gasteiger partial charge in [-0.15, -0.1) is 10.2 Å². The fourth-order valence-electron chi connectivity index (χ4n) is 1.80. The summed E-state index contributed by atoms with van der Waals surface area (Å²) in [6.07, 6.45) is 0. The molecular weight excluding hydrogens is 264 g/mol. The molecule has 0 aliphatic rings. The molecule has 0 radical (unpaired) electrons. The average molecular weight is 284 g/mol. The molecule has 5 nitrogen and oxygen atoms in total. The van der Waals surface area contributed by atoms with Crippen LogP contribution in [-0.4, -0.2) is 21.6 Å². The maximum atomic E-state index is 12.1. The number of carbonyl (C=O) groups excluding carboxylic acids is 1. The van der Waals surface area contributed by atoms with Gasteiger partial charge in [0.25, 0.3) is 5.91 Å². The number of carbonyl (C=O) groups is 1. The van der Waals surface area contributed by atoms with Crippen LogP contribution in [0.5, 0.6) is 0 Å². The smallest absolute Gasteiger partial charge is 0.276 e. The first-order valence-electron chi connectivity index (χ1n) is 6.84. The van der Waals surface area contributed by atoms with E-state index in [2.05, 4.69) is 20.8 Å². The predicted octanol–water partition coefficient (Wildman–Crippen LogP) is 3.25. The fourth-order valence-corrected chi connectivity index (χ4v) is 1.80. The fraction of sp³-hybridized carbons (Fsp3) is 0.312. The number of aromatic nitrogens is 2. The van der Waals surface area contributed by atoms with E-state index in [9.17, 15) is 4.79 Å². The Morgan fingerprint density at radius 2 is 1.76 bits per heavy atom. The molecule has 2 aromatic rings. The number of anilines is 2. The molecule has 5 heteroatoms. The lowest BCUT2D eigenvalue weighted by atomic mass is 10.1. The molecule has 0 saturated heterocycles. The van der Waals surface area contributed by atoms with E-state index in [0.29, 0.717) is 5.82 Å². The number of aryl methyl sites for hydroxylation is 1. The van der Waals surface area contributed by atoms with E-state index >= 15 is 0 Å². The van der Waals surface area contributed by atoms with Crippen molar-refractivity contribution in [3.8, 4) is 0 Å². The van der Waals surface area contributed by atoms with E-state index in [0.717, 1.165) is 11.3 Å². The van der Waals surface area contributed by atoms with Gasteiger partial charge in [-0.2, -0.15) is 0 Å². The van der Waals surface area contributed by atoms with Gasteiger partial charge in [-0.05, 0) is 51.5 Å². The molecule has 1 aromatic carbocycles. The van der Waals surface area contributed by atoms with Crippen LogP contribution in [0.25, 0.3) is 0 Å². The predicted molar refractivity (Wildman–Crippen MR) is 84.5 cm³/mol. The van der Waals surface area contributed by atoms with Crippen molar-refractivity contribution >= 4 is 17.4 Å². The van der Waals surface area contributed by atoms with Crippen LogP contribution >= 0.6 is 0 Å². The van der Waals surface area contributed by atoms with Gasteiger partial charge in [-0.25, -0.2) is 0 Å². The van der Waals surface area contributed by atoms with Crippen LogP contribution in [0.2, 0.25) is 0 Å². The van der Waals surface area contributed by atoms with Crippen LogP contribution in [-0.2, 0) is 0 Å². The molecule has 2 N–H and O–H groups in total. The highest BCUT2D eigenvalue weighted by Gasteiger charge is 2.13. The summed E-state index contributed by atoms with van der Waals surface area (Å²) in [5, 5.41) is 14.0.